The molecular weight excluding hydrogens is 299 g/mol. The Hall–Kier alpha value is 0.319. The summed E-state index contributed by atoms with van der Waals surface area (Å²) in [4.78, 5) is 0. The first kappa shape index (κ1) is 14.4. The first-order chi connectivity index (χ1) is 8.16. The molecule has 0 bridgehead atoms. The molecule has 0 fully saturated rings. The molecule has 0 nitrogen and oxygen atoms in total. The van der Waals surface area contributed by atoms with Crippen molar-refractivity contribution in [1.29, 1.82) is 0 Å². The average molecular weight is 330 g/mol. The van der Waals surface area contributed by atoms with Gasteiger partial charge in [-0.3, -0.25) is 0 Å². The summed E-state index contributed by atoms with van der Waals surface area (Å²) < 4.78 is 13.2. The molecule has 0 radical (unpaired) electrons. The molecule has 0 aliphatic carbocycles. The van der Waals surface area contributed by atoms with Gasteiger partial charge >= 0.3 is 109 Å². The van der Waals surface area contributed by atoms with Gasteiger partial charge in [-0.15, -0.1) is 0 Å². The van der Waals surface area contributed by atoms with Gasteiger partial charge in [0, 0.05) is 0 Å². The fourth-order valence-corrected chi connectivity index (χ4v) is 15.4. The molecule has 0 spiro atoms. The van der Waals surface area contributed by atoms with Gasteiger partial charge in [0.1, 0.15) is 0 Å². The van der Waals surface area contributed by atoms with Crippen LogP contribution in [0.2, 0.25) is 13.3 Å². The molecule has 1 heteroatoms. The van der Waals surface area contributed by atoms with Gasteiger partial charge in [-0.2, -0.15) is 0 Å². The molecule has 0 saturated carbocycles. The average Bonchev–Trinajstić information content (AvgIpc) is 2.37. The predicted octanol–water partition coefficient (Wildman–Crippen LogP) is 5.72. The summed E-state index contributed by atoms with van der Waals surface area (Å²) in [6.45, 7) is 10.5. The van der Waals surface area contributed by atoms with Crippen LogP contribution in [0.4, 0.5) is 0 Å². The zero-order chi connectivity index (χ0) is 13.1. The number of rotatable bonds is 10. The standard InChI is InChI=1S/3C4H9.C3H3.Sn/c3*1-3-4-2;1-3-2;/h3*1,3-4H2,2H3;1H,2H2;/i;;;1D;. The van der Waals surface area contributed by atoms with Gasteiger partial charge in [0.2, 0.25) is 0 Å². The van der Waals surface area contributed by atoms with Gasteiger partial charge in [-0.1, -0.05) is 0 Å². The van der Waals surface area contributed by atoms with Gasteiger partial charge in [0.15, 0.2) is 0 Å². The Balaban J connectivity index is 4.83. The van der Waals surface area contributed by atoms with Crippen LogP contribution in [0, 0.1) is 0 Å². The van der Waals surface area contributed by atoms with Crippen molar-refractivity contribution >= 4 is 18.4 Å². The van der Waals surface area contributed by atoms with Gasteiger partial charge < -0.3 is 0 Å². The predicted molar refractivity (Wildman–Crippen MR) is 78.6 cm³/mol. The molecular formula is C15H30Sn. The summed E-state index contributed by atoms with van der Waals surface area (Å²) in [5, 5.41) is 0. The van der Waals surface area contributed by atoms with Crippen molar-refractivity contribution in [3.05, 3.63) is 16.4 Å². The van der Waals surface area contributed by atoms with Gasteiger partial charge in [-0.05, 0) is 0 Å². The van der Waals surface area contributed by atoms with Crippen LogP contribution in [0.15, 0.2) is 16.4 Å². The topological polar surface area (TPSA) is 0 Å². The summed E-state index contributed by atoms with van der Waals surface area (Å²) in [7, 11) is 0. The van der Waals surface area contributed by atoms with Gasteiger partial charge in [0.25, 0.3) is 0 Å². The SMILES string of the molecule is [2H][C](=C=C)[Sn]([CH2]CCC)([CH2]CCC)[CH2]CCC. The molecule has 0 N–H and O–H groups in total. The second-order valence-electron chi connectivity index (χ2n) is 4.89. The maximum atomic E-state index is 8.30. The van der Waals surface area contributed by atoms with E-state index in [0.717, 1.165) is 4.07 Å². The first-order valence-electron chi connectivity index (χ1n) is 7.54. The Bertz CT molecular complexity index is 220. The van der Waals surface area contributed by atoms with Crippen molar-refractivity contribution in [1.82, 2.24) is 0 Å². The molecule has 0 rings (SSSR count). The first-order valence-corrected chi connectivity index (χ1v) is 14.5. The fraction of sp³-hybridized carbons (Fsp3) is 0.800. The zero-order valence-corrected chi connectivity index (χ0v) is 14.4. The Morgan fingerprint density at radius 1 is 1.00 bits per heavy atom. The van der Waals surface area contributed by atoms with Crippen molar-refractivity contribution in [3.8, 4) is 0 Å². The third kappa shape index (κ3) is 6.81. The van der Waals surface area contributed by atoms with Crippen LogP contribution in [0.5, 0.6) is 0 Å². The molecule has 16 heavy (non-hydrogen) atoms. The van der Waals surface area contributed by atoms with Crippen molar-refractivity contribution in [2.45, 2.75) is 72.6 Å². The van der Waals surface area contributed by atoms with E-state index < -0.39 is 18.4 Å². The second-order valence-corrected chi connectivity index (χ2v) is 17.2. The van der Waals surface area contributed by atoms with Gasteiger partial charge in [-0.25, -0.2) is 0 Å². The normalized spacial score (nSPS) is 12.1. The molecule has 0 aliphatic heterocycles. The van der Waals surface area contributed by atoms with E-state index in [2.05, 4.69) is 33.1 Å². The van der Waals surface area contributed by atoms with Crippen molar-refractivity contribution < 1.29 is 1.37 Å². The van der Waals surface area contributed by atoms with Crippen molar-refractivity contribution in [2.24, 2.45) is 0 Å². The molecule has 0 unspecified atom stereocenters. The van der Waals surface area contributed by atoms with Crippen LogP contribution in [0.1, 0.15) is 60.7 Å². The molecule has 0 heterocycles. The third-order valence-electron chi connectivity index (χ3n) is 3.38. The Morgan fingerprint density at radius 3 is 1.62 bits per heavy atom. The summed E-state index contributed by atoms with van der Waals surface area (Å²) in [5.41, 5.74) is 2.96. The quantitative estimate of drug-likeness (QED) is 0.355. The molecule has 0 aromatic heterocycles. The van der Waals surface area contributed by atoms with Crippen LogP contribution >= 0.6 is 0 Å². The van der Waals surface area contributed by atoms with E-state index in [1.807, 2.05) is 0 Å². The monoisotopic (exact) mass is 331 g/mol. The van der Waals surface area contributed by atoms with Crippen LogP contribution in [-0.2, 0) is 0 Å². The van der Waals surface area contributed by atoms with Crippen LogP contribution in [0.3, 0.4) is 0 Å². The fourth-order valence-electron chi connectivity index (χ4n) is 2.30. The van der Waals surface area contributed by atoms with Crippen LogP contribution < -0.4 is 0 Å². The molecule has 94 valence electrons. The second kappa shape index (κ2) is 10.5. The van der Waals surface area contributed by atoms with Crippen LogP contribution in [0.25, 0.3) is 0 Å². The van der Waals surface area contributed by atoms with E-state index in [9.17, 15) is 0 Å². The van der Waals surface area contributed by atoms with E-state index in [1.54, 1.807) is 0 Å². The third-order valence-corrected chi connectivity index (χ3v) is 16.6. The minimum absolute atomic E-state index is 0.870. The van der Waals surface area contributed by atoms with Crippen molar-refractivity contribution in [2.75, 3.05) is 0 Å². The minimum atomic E-state index is -2.38. The van der Waals surface area contributed by atoms with E-state index in [4.69, 9.17) is 1.37 Å². The van der Waals surface area contributed by atoms with Crippen molar-refractivity contribution in [3.63, 3.8) is 0 Å². The van der Waals surface area contributed by atoms with E-state index in [-0.39, 0.29) is 0 Å². The molecule has 0 atom stereocenters. The summed E-state index contributed by atoms with van der Waals surface area (Å²) in [6, 6.07) is 0. The Labute approximate surface area is 108 Å². The number of unbranched alkanes of at least 4 members (excludes halogenated alkanes) is 3. The molecule has 0 aliphatic rings. The summed E-state index contributed by atoms with van der Waals surface area (Å²) in [6.07, 6.45) is 7.73. The number of hydrogen-bond donors (Lipinski definition) is 0. The summed E-state index contributed by atoms with van der Waals surface area (Å²) in [5.74, 6) is 0. The maximum absolute atomic E-state index is 8.30. The van der Waals surface area contributed by atoms with E-state index in [0.29, 0.717) is 0 Å². The summed E-state index contributed by atoms with van der Waals surface area (Å²) >= 11 is -2.38. The molecule has 0 aromatic carbocycles. The van der Waals surface area contributed by atoms with Crippen LogP contribution in [-0.4, -0.2) is 18.4 Å². The van der Waals surface area contributed by atoms with E-state index in [1.165, 1.54) is 51.8 Å². The molecule has 0 saturated heterocycles. The molecule has 0 aromatic rings. The van der Waals surface area contributed by atoms with Gasteiger partial charge in [0.05, 0.1) is 0 Å². The Morgan fingerprint density at radius 2 is 1.38 bits per heavy atom. The zero-order valence-electron chi connectivity index (χ0n) is 12.6. The molecule has 0 amide bonds. The number of hydrogen-bond acceptors (Lipinski definition) is 0. The van der Waals surface area contributed by atoms with E-state index >= 15 is 0 Å². The Kier molecular flexibility index (Phi) is 9.41.